The summed E-state index contributed by atoms with van der Waals surface area (Å²) in [6, 6.07) is 4.74. The number of nitrogens with zero attached hydrogens (tertiary/aromatic N) is 2. The number of rotatable bonds is 9. The minimum atomic E-state index is -1.30. The first kappa shape index (κ1) is 26.1. The normalized spacial score (nSPS) is 24.3. The second kappa shape index (κ2) is 10.6. The zero-order valence-corrected chi connectivity index (χ0v) is 21.8. The number of nitrogens with one attached hydrogen (secondary N) is 1. The molecule has 0 aliphatic carbocycles. The summed E-state index contributed by atoms with van der Waals surface area (Å²) in [5, 5.41) is 11.4. The SMILES string of the molecule is C[Si](C)(C)CCOCN1C(=O)CCC(N2Cc3cc(O[C@H]4COC[C@@H]4NC(=O)O)ccc3C2=O)C1=O. The van der Waals surface area contributed by atoms with Crippen LogP contribution >= 0.6 is 0 Å². The maximum absolute atomic E-state index is 13.2. The molecule has 1 aromatic rings. The van der Waals surface area contributed by atoms with E-state index in [-0.39, 0.29) is 51.1 Å². The fraction of sp³-hybridized carbons (Fsp3) is 0.583. The highest BCUT2D eigenvalue weighted by atomic mass is 28.3. The third kappa shape index (κ3) is 5.88. The van der Waals surface area contributed by atoms with E-state index in [0.717, 1.165) is 10.9 Å². The highest BCUT2D eigenvalue weighted by molar-refractivity contribution is 6.76. The molecule has 1 aromatic carbocycles. The summed E-state index contributed by atoms with van der Waals surface area (Å²) >= 11 is 0. The number of imide groups is 1. The zero-order valence-electron chi connectivity index (χ0n) is 20.8. The Morgan fingerprint density at radius 2 is 2.00 bits per heavy atom. The van der Waals surface area contributed by atoms with E-state index in [4.69, 9.17) is 19.3 Å². The number of carbonyl (C=O) groups excluding carboxylic acids is 3. The van der Waals surface area contributed by atoms with Crippen LogP contribution in [0, 0.1) is 0 Å². The number of likely N-dealkylation sites (tertiary alicyclic amines) is 1. The first-order valence-electron chi connectivity index (χ1n) is 12.1. The summed E-state index contributed by atoms with van der Waals surface area (Å²) in [6.07, 6.45) is -1.20. The molecule has 12 heteroatoms. The predicted molar refractivity (Wildman–Crippen MR) is 130 cm³/mol. The molecule has 3 aliphatic heterocycles. The standard InChI is InChI=1S/C24H33N3O8Si/c1-36(2,3)9-8-33-14-27-21(28)7-6-19(23(27)30)26-11-15-10-16(4-5-17(15)22(26)29)35-20-13-34-12-18(20)25-24(31)32/h4-5,10,18-20,25H,6-9,11-14H2,1-3H3,(H,31,32)/t18-,19?,20-/m0/s1. The van der Waals surface area contributed by atoms with Gasteiger partial charge in [-0.25, -0.2) is 4.79 Å². The van der Waals surface area contributed by atoms with Crippen molar-refractivity contribution in [1.29, 1.82) is 0 Å². The van der Waals surface area contributed by atoms with Gasteiger partial charge in [0.2, 0.25) is 5.91 Å². The second-order valence-electron chi connectivity index (χ2n) is 10.6. The topological polar surface area (TPSA) is 135 Å². The van der Waals surface area contributed by atoms with Gasteiger partial charge in [0, 0.05) is 33.2 Å². The van der Waals surface area contributed by atoms with Crippen molar-refractivity contribution in [2.75, 3.05) is 26.6 Å². The Kier molecular flexibility index (Phi) is 7.67. The molecule has 2 fully saturated rings. The Balaban J connectivity index is 1.40. The van der Waals surface area contributed by atoms with Gasteiger partial charge in [-0.3, -0.25) is 19.3 Å². The number of benzene rings is 1. The number of hydrogen-bond acceptors (Lipinski definition) is 7. The second-order valence-corrected chi connectivity index (χ2v) is 16.2. The Morgan fingerprint density at radius 1 is 1.22 bits per heavy atom. The van der Waals surface area contributed by atoms with E-state index in [0.29, 0.717) is 23.5 Å². The van der Waals surface area contributed by atoms with Crippen molar-refractivity contribution in [2.24, 2.45) is 0 Å². The van der Waals surface area contributed by atoms with Gasteiger partial charge in [0.25, 0.3) is 11.8 Å². The Bertz CT molecular complexity index is 1040. The van der Waals surface area contributed by atoms with Gasteiger partial charge < -0.3 is 29.5 Å². The summed E-state index contributed by atoms with van der Waals surface area (Å²) in [6.45, 7) is 7.75. The van der Waals surface area contributed by atoms with Gasteiger partial charge >= 0.3 is 6.09 Å². The van der Waals surface area contributed by atoms with E-state index >= 15 is 0 Å². The molecule has 0 aromatic heterocycles. The van der Waals surface area contributed by atoms with Crippen LogP contribution in [0.1, 0.15) is 28.8 Å². The fourth-order valence-electron chi connectivity index (χ4n) is 4.54. The van der Waals surface area contributed by atoms with Crippen LogP contribution in [0.25, 0.3) is 0 Å². The highest BCUT2D eigenvalue weighted by Crippen LogP contribution is 2.32. The molecule has 0 bridgehead atoms. The summed E-state index contributed by atoms with van der Waals surface area (Å²) in [5.41, 5.74) is 1.19. The number of carboxylic acid groups (broad SMARTS) is 1. The largest absolute Gasteiger partial charge is 0.486 e. The average Bonchev–Trinajstić information content (AvgIpc) is 3.35. The maximum Gasteiger partial charge on any atom is 0.405 e. The molecule has 11 nitrogen and oxygen atoms in total. The lowest BCUT2D eigenvalue weighted by atomic mass is 10.0. The summed E-state index contributed by atoms with van der Waals surface area (Å²) < 4.78 is 16.9. The van der Waals surface area contributed by atoms with Crippen LogP contribution in [-0.2, 0) is 25.6 Å². The van der Waals surface area contributed by atoms with Gasteiger partial charge in [-0.2, -0.15) is 0 Å². The molecule has 0 radical (unpaired) electrons. The third-order valence-electron chi connectivity index (χ3n) is 6.61. The van der Waals surface area contributed by atoms with Gasteiger partial charge in [0.05, 0.1) is 19.3 Å². The number of piperidine rings is 1. The van der Waals surface area contributed by atoms with Crippen molar-refractivity contribution >= 4 is 31.9 Å². The van der Waals surface area contributed by atoms with E-state index < -0.39 is 38.3 Å². The number of ether oxygens (including phenoxy) is 3. The Labute approximate surface area is 210 Å². The quantitative estimate of drug-likeness (QED) is 0.287. The Morgan fingerprint density at radius 3 is 2.72 bits per heavy atom. The monoisotopic (exact) mass is 519 g/mol. The van der Waals surface area contributed by atoms with Crippen molar-refractivity contribution in [3.8, 4) is 5.75 Å². The smallest absolute Gasteiger partial charge is 0.405 e. The molecule has 2 saturated heterocycles. The maximum atomic E-state index is 13.2. The highest BCUT2D eigenvalue weighted by Gasteiger charge is 2.43. The molecule has 4 rings (SSSR count). The van der Waals surface area contributed by atoms with E-state index in [1.165, 1.54) is 4.90 Å². The third-order valence-corrected chi connectivity index (χ3v) is 8.31. The molecule has 0 spiro atoms. The van der Waals surface area contributed by atoms with E-state index in [1.807, 2.05) is 0 Å². The lowest BCUT2D eigenvalue weighted by Crippen LogP contribution is -2.55. The number of fused-ring (bicyclic) bond motifs is 1. The minimum absolute atomic E-state index is 0.0966. The molecule has 1 unspecified atom stereocenters. The minimum Gasteiger partial charge on any atom is -0.486 e. The van der Waals surface area contributed by atoms with Crippen LogP contribution in [0.5, 0.6) is 5.75 Å². The van der Waals surface area contributed by atoms with Crippen LogP contribution in [-0.4, -0.2) is 91.5 Å². The molecule has 36 heavy (non-hydrogen) atoms. The van der Waals surface area contributed by atoms with Gasteiger partial charge in [0.1, 0.15) is 24.6 Å². The van der Waals surface area contributed by atoms with Crippen LogP contribution in [0.3, 0.4) is 0 Å². The lowest BCUT2D eigenvalue weighted by Gasteiger charge is -2.35. The van der Waals surface area contributed by atoms with Gasteiger partial charge in [-0.1, -0.05) is 19.6 Å². The van der Waals surface area contributed by atoms with Crippen molar-refractivity contribution < 1.29 is 38.5 Å². The van der Waals surface area contributed by atoms with Crippen LogP contribution < -0.4 is 10.1 Å². The molecule has 3 heterocycles. The predicted octanol–water partition coefficient (Wildman–Crippen LogP) is 1.89. The van der Waals surface area contributed by atoms with E-state index in [2.05, 4.69) is 25.0 Å². The van der Waals surface area contributed by atoms with Crippen molar-refractivity contribution in [2.45, 2.75) is 63.3 Å². The summed E-state index contributed by atoms with van der Waals surface area (Å²) in [7, 11) is -1.30. The van der Waals surface area contributed by atoms with Crippen molar-refractivity contribution in [3.05, 3.63) is 29.3 Å². The first-order chi connectivity index (χ1) is 17.0. The molecule has 0 saturated carbocycles. The molecule has 3 atom stereocenters. The summed E-state index contributed by atoms with van der Waals surface area (Å²) in [4.78, 5) is 52.4. The Hall–Kier alpha value is -2.96. The van der Waals surface area contributed by atoms with Crippen molar-refractivity contribution in [3.63, 3.8) is 0 Å². The van der Waals surface area contributed by atoms with Crippen molar-refractivity contribution in [1.82, 2.24) is 15.1 Å². The van der Waals surface area contributed by atoms with Gasteiger partial charge in [-0.05, 0) is 36.2 Å². The van der Waals surface area contributed by atoms with Crippen LogP contribution in [0.15, 0.2) is 18.2 Å². The summed E-state index contributed by atoms with van der Waals surface area (Å²) in [5.74, 6) is -0.480. The molecule has 4 amide bonds. The lowest BCUT2D eigenvalue weighted by molar-refractivity contribution is -0.158. The number of hydrogen-bond donors (Lipinski definition) is 2. The van der Waals surface area contributed by atoms with Gasteiger partial charge in [0.15, 0.2) is 0 Å². The zero-order chi connectivity index (χ0) is 26.0. The van der Waals surface area contributed by atoms with E-state index in [1.54, 1.807) is 18.2 Å². The van der Waals surface area contributed by atoms with E-state index in [9.17, 15) is 19.2 Å². The molecule has 2 N–H and O–H groups in total. The molecular formula is C24H33N3O8Si. The number of carbonyl (C=O) groups is 4. The van der Waals surface area contributed by atoms with Gasteiger partial charge in [-0.15, -0.1) is 0 Å². The molecular weight excluding hydrogens is 486 g/mol. The number of amides is 4. The van der Waals surface area contributed by atoms with Crippen LogP contribution in [0.4, 0.5) is 4.79 Å². The van der Waals surface area contributed by atoms with Crippen LogP contribution in [0.2, 0.25) is 25.7 Å². The first-order valence-corrected chi connectivity index (χ1v) is 15.8. The fourth-order valence-corrected chi connectivity index (χ4v) is 5.30. The molecule has 196 valence electrons. The average molecular weight is 520 g/mol. The molecule has 3 aliphatic rings.